The molecule has 0 aliphatic heterocycles. The van der Waals surface area contributed by atoms with E-state index in [-0.39, 0.29) is 17.6 Å². The van der Waals surface area contributed by atoms with E-state index in [1.807, 2.05) is 74.5 Å². The van der Waals surface area contributed by atoms with Gasteiger partial charge in [-0.2, -0.15) is 0 Å². The molecule has 0 spiro atoms. The first kappa shape index (κ1) is 23.2. The molecule has 0 bridgehead atoms. The summed E-state index contributed by atoms with van der Waals surface area (Å²) >= 11 is 0. The molecule has 0 saturated carbocycles. The van der Waals surface area contributed by atoms with Gasteiger partial charge in [-0.15, -0.1) is 0 Å². The van der Waals surface area contributed by atoms with Crippen molar-refractivity contribution >= 4 is 22.6 Å². The van der Waals surface area contributed by atoms with Gasteiger partial charge in [0, 0.05) is 19.3 Å². The predicted octanol–water partition coefficient (Wildman–Crippen LogP) is 5.47. The number of benzene rings is 3. The van der Waals surface area contributed by atoms with Crippen LogP contribution in [-0.4, -0.2) is 27.0 Å². The highest BCUT2D eigenvalue weighted by atomic mass is 16.2. The van der Waals surface area contributed by atoms with Crippen molar-refractivity contribution in [3.05, 3.63) is 106 Å². The van der Waals surface area contributed by atoms with E-state index in [2.05, 4.69) is 17.4 Å². The number of amides is 2. The van der Waals surface area contributed by atoms with Crippen LogP contribution >= 0.6 is 0 Å². The lowest BCUT2D eigenvalue weighted by Gasteiger charge is -2.32. The first-order valence-corrected chi connectivity index (χ1v) is 11.6. The minimum atomic E-state index is -0.365. The second-order valence-corrected chi connectivity index (χ2v) is 8.50. The van der Waals surface area contributed by atoms with Crippen molar-refractivity contribution in [1.29, 1.82) is 0 Å². The molecule has 4 rings (SSSR count). The molecule has 4 aromatic rings. The number of anilines is 1. The largest absolute Gasteiger partial charge is 0.322 e. The summed E-state index contributed by atoms with van der Waals surface area (Å²) in [4.78, 5) is 33.3. The number of urea groups is 1. The number of carbonyl (C=O) groups is 1. The van der Waals surface area contributed by atoms with Crippen LogP contribution in [0.5, 0.6) is 0 Å². The average molecular weight is 455 g/mol. The lowest BCUT2D eigenvalue weighted by Crippen LogP contribution is -2.41. The first-order chi connectivity index (χ1) is 16.5. The Bertz CT molecular complexity index is 1350. The summed E-state index contributed by atoms with van der Waals surface area (Å²) in [6, 6.07) is 24.6. The van der Waals surface area contributed by atoms with Crippen LogP contribution in [0.2, 0.25) is 0 Å². The van der Waals surface area contributed by atoms with Crippen LogP contribution in [0, 0.1) is 6.92 Å². The molecule has 1 heterocycles. The van der Waals surface area contributed by atoms with Crippen molar-refractivity contribution in [1.82, 2.24) is 14.5 Å². The molecule has 3 aromatic carbocycles. The number of nitrogens with zero attached hydrogens (tertiary/aromatic N) is 3. The fourth-order valence-corrected chi connectivity index (χ4v) is 4.29. The molecule has 1 aromatic heterocycles. The van der Waals surface area contributed by atoms with E-state index in [0.29, 0.717) is 36.1 Å². The van der Waals surface area contributed by atoms with Crippen molar-refractivity contribution in [2.45, 2.75) is 32.7 Å². The Hall–Kier alpha value is -3.93. The number of hydrogen-bond donors (Lipinski definition) is 1. The summed E-state index contributed by atoms with van der Waals surface area (Å²) in [5, 5.41) is 3.62. The normalized spacial score (nSPS) is 11.9. The molecule has 6 nitrogen and oxygen atoms in total. The van der Waals surface area contributed by atoms with Crippen LogP contribution < -0.4 is 10.9 Å². The second-order valence-electron chi connectivity index (χ2n) is 8.50. The van der Waals surface area contributed by atoms with Crippen molar-refractivity contribution in [3.8, 4) is 0 Å². The lowest BCUT2D eigenvalue weighted by molar-refractivity contribution is 0.181. The van der Waals surface area contributed by atoms with Gasteiger partial charge >= 0.3 is 6.03 Å². The summed E-state index contributed by atoms with van der Waals surface area (Å²) in [5.74, 6) is 0.582. The number of rotatable bonds is 7. The lowest BCUT2D eigenvalue weighted by atomic mass is 10.1. The Kier molecular flexibility index (Phi) is 7.07. The molecule has 6 heteroatoms. The summed E-state index contributed by atoms with van der Waals surface area (Å²) in [6.07, 6.45) is 1.31. The zero-order valence-corrected chi connectivity index (χ0v) is 19.9. The van der Waals surface area contributed by atoms with Crippen molar-refractivity contribution < 1.29 is 4.79 Å². The van der Waals surface area contributed by atoms with E-state index in [4.69, 9.17) is 4.98 Å². The van der Waals surface area contributed by atoms with Crippen molar-refractivity contribution in [3.63, 3.8) is 0 Å². The van der Waals surface area contributed by atoms with E-state index >= 15 is 0 Å². The van der Waals surface area contributed by atoms with Crippen LogP contribution in [0.25, 0.3) is 10.9 Å². The molecule has 0 aliphatic rings. The van der Waals surface area contributed by atoms with Crippen LogP contribution in [0.1, 0.15) is 36.3 Å². The smallest absolute Gasteiger partial charge is 0.314 e. The molecule has 0 aliphatic carbocycles. The molecule has 0 saturated heterocycles. The number of hydrogen-bond acceptors (Lipinski definition) is 3. The topological polar surface area (TPSA) is 67.2 Å². The SMILES string of the molecule is CCC(c1nc2ccccc2c(=O)n1C)N(CCc1ccccc1)C(=O)Nc1cccc(C)c1. The monoisotopic (exact) mass is 454 g/mol. The van der Waals surface area contributed by atoms with Crippen LogP contribution in [0.3, 0.4) is 0 Å². The Balaban J connectivity index is 1.72. The van der Waals surface area contributed by atoms with Gasteiger partial charge in [0.1, 0.15) is 5.82 Å². The van der Waals surface area contributed by atoms with Gasteiger partial charge < -0.3 is 10.2 Å². The number of aromatic nitrogens is 2. The number of nitrogens with one attached hydrogen (secondary N) is 1. The van der Waals surface area contributed by atoms with Gasteiger partial charge in [-0.3, -0.25) is 9.36 Å². The number of aryl methyl sites for hydroxylation is 1. The van der Waals surface area contributed by atoms with Gasteiger partial charge in [0.2, 0.25) is 0 Å². The second kappa shape index (κ2) is 10.3. The molecule has 174 valence electrons. The highest BCUT2D eigenvalue weighted by Crippen LogP contribution is 2.25. The van der Waals surface area contributed by atoms with Crippen LogP contribution in [-0.2, 0) is 13.5 Å². The maximum absolute atomic E-state index is 13.6. The molecule has 34 heavy (non-hydrogen) atoms. The summed E-state index contributed by atoms with van der Waals surface area (Å²) in [5.41, 5.74) is 3.48. The third-order valence-electron chi connectivity index (χ3n) is 6.09. The maximum atomic E-state index is 13.6. The maximum Gasteiger partial charge on any atom is 0.322 e. The molecule has 0 radical (unpaired) electrons. The summed E-state index contributed by atoms with van der Waals surface area (Å²) < 4.78 is 1.58. The fraction of sp³-hybridized carbons (Fsp3) is 0.250. The van der Waals surface area contributed by atoms with Gasteiger partial charge in [0.15, 0.2) is 0 Å². The Morgan fingerprint density at radius 2 is 1.76 bits per heavy atom. The van der Waals surface area contributed by atoms with E-state index in [1.165, 1.54) is 0 Å². The number of fused-ring (bicyclic) bond motifs is 1. The van der Waals surface area contributed by atoms with Gasteiger partial charge in [-0.05, 0) is 55.2 Å². The minimum absolute atomic E-state index is 0.110. The Morgan fingerprint density at radius 3 is 2.50 bits per heavy atom. The molecule has 0 fully saturated rings. The quantitative estimate of drug-likeness (QED) is 0.403. The molecular weight excluding hydrogens is 424 g/mol. The van der Waals surface area contributed by atoms with Gasteiger partial charge in [-0.1, -0.05) is 61.5 Å². The Labute approximate surface area is 199 Å². The molecular formula is C28H30N4O2. The third-order valence-corrected chi connectivity index (χ3v) is 6.09. The van der Waals surface area contributed by atoms with Crippen LogP contribution in [0.4, 0.5) is 10.5 Å². The summed E-state index contributed by atoms with van der Waals surface area (Å²) in [7, 11) is 1.73. The van der Waals surface area contributed by atoms with Crippen molar-refractivity contribution in [2.24, 2.45) is 7.05 Å². The molecule has 2 amide bonds. The number of carbonyl (C=O) groups excluding carboxylic acids is 1. The fourth-order valence-electron chi connectivity index (χ4n) is 4.29. The van der Waals surface area contributed by atoms with E-state index < -0.39 is 0 Å². The highest BCUT2D eigenvalue weighted by Gasteiger charge is 2.28. The average Bonchev–Trinajstić information content (AvgIpc) is 2.85. The minimum Gasteiger partial charge on any atom is -0.314 e. The van der Waals surface area contributed by atoms with Gasteiger partial charge in [-0.25, -0.2) is 9.78 Å². The van der Waals surface area contributed by atoms with Crippen LogP contribution in [0.15, 0.2) is 83.7 Å². The molecule has 1 unspecified atom stereocenters. The standard InChI is InChI=1S/C28H30N4O2/c1-4-25(26-30-24-16-9-8-15-23(24)27(33)31(26)3)32(18-17-21-12-6-5-7-13-21)28(34)29-22-14-10-11-20(2)19-22/h5-16,19,25H,4,17-18H2,1-3H3,(H,29,34). The van der Waals surface area contributed by atoms with Gasteiger partial charge in [0.05, 0.1) is 16.9 Å². The third kappa shape index (κ3) is 5.01. The predicted molar refractivity (Wildman–Crippen MR) is 137 cm³/mol. The Morgan fingerprint density at radius 1 is 1.03 bits per heavy atom. The number of para-hydroxylation sites is 1. The first-order valence-electron chi connectivity index (χ1n) is 11.6. The molecule has 1 N–H and O–H groups in total. The highest BCUT2D eigenvalue weighted by molar-refractivity contribution is 5.89. The van der Waals surface area contributed by atoms with E-state index in [0.717, 1.165) is 16.8 Å². The van der Waals surface area contributed by atoms with Gasteiger partial charge in [0.25, 0.3) is 5.56 Å². The molecule has 1 atom stereocenters. The van der Waals surface area contributed by atoms with E-state index in [1.54, 1.807) is 22.6 Å². The summed E-state index contributed by atoms with van der Waals surface area (Å²) in [6.45, 7) is 4.50. The van der Waals surface area contributed by atoms with Crippen molar-refractivity contribution in [2.75, 3.05) is 11.9 Å². The van der Waals surface area contributed by atoms with E-state index in [9.17, 15) is 9.59 Å². The zero-order chi connectivity index (χ0) is 24.1. The zero-order valence-electron chi connectivity index (χ0n) is 19.9.